The standard InChI is InChI=1S/C21H18N2O4S/c24-20-19(28-21(25)22-20)10-13-5-6-17-14(9-13)11-15(27-17)12-23-7-8-26-18-4-2-1-3-16(18)23/h1-6,9,11,24H,7-8,10,12H2,(H,22,25). The van der Waals surface area contributed by atoms with Crippen LogP contribution < -0.4 is 14.5 Å². The van der Waals surface area contributed by atoms with E-state index in [1.165, 1.54) is 0 Å². The molecule has 142 valence electrons. The maximum atomic E-state index is 11.4. The van der Waals surface area contributed by atoms with Crippen molar-refractivity contribution >= 4 is 28.0 Å². The molecule has 2 aromatic carbocycles. The minimum Gasteiger partial charge on any atom is -0.494 e. The number of aromatic amines is 1. The highest BCUT2D eigenvalue weighted by Gasteiger charge is 2.19. The number of aromatic hydroxyl groups is 1. The number of rotatable bonds is 4. The van der Waals surface area contributed by atoms with Crippen LogP contribution in [0.4, 0.5) is 5.69 Å². The first-order valence-electron chi connectivity index (χ1n) is 9.05. The molecule has 1 aliphatic rings. The average molecular weight is 394 g/mol. The molecule has 0 saturated heterocycles. The molecular formula is C21H18N2O4S. The lowest BCUT2D eigenvalue weighted by atomic mass is 10.1. The van der Waals surface area contributed by atoms with Gasteiger partial charge in [-0.05, 0) is 35.9 Å². The van der Waals surface area contributed by atoms with Gasteiger partial charge >= 0.3 is 4.87 Å². The van der Waals surface area contributed by atoms with E-state index in [0.717, 1.165) is 51.6 Å². The number of nitrogens with one attached hydrogen (secondary N) is 1. The summed E-state index contributed by atoms with van der Waals surface area (Å²) in [5.74, 6) is 1.74. The summed E-state index contributed by atoms with van der Waals surface area (Å²) in [6.45, 7) is 2.14. The van der Waals surface area contributed by atoms with Crippen molar-refractivity contribution in [3.05, 3.63) is 74.4 Å². The second-order valence-corrected chi connectivity index (χ2v) is 7.85. The lowest BCUT2D eigenvalue weighted by Gasteiger charge is -2.30. The van der Waals surface area contributed by atoms with Crippen LogP contribution >= 0.6 is 11.3 Å². The average Bonchev–Trinajstić information content (AvgIpc) is 3.23. The fourth-order valence-electron chi connectivity index (χ4n) is 3.57. The number of hydrogen-bond acceptors (Lipinski definition) is 6. The number of anilines is 1. The summed E-state index contributed by atoms with van der Waals surface area (Å²) >= 11 is 1.03. The Hall–Kier alpha value is -3.19. The van der Waals surface area contributed by atoms with Gasteiger partial charge in [0.2, 0.25) is 5.88 Å². The SMILES string of the molecule is O=c1[nH]c(O)c(Cc2ccc3oc(CN4CCOc5ccccc54)cc3c2)s1. The van der Waals surface area contributed by atoms with E-state index < -0.39 is 0 Å². The Labute approximate surface area is 164 Å². The van der Waals surface area contributed by atoms with Gasteiger partial charge in [0, 0.05) is 11.8 Å². The Morgan fingerprint density at radius 3 is 2.93 bits per heavy atom. The topological polar surface area (TPSA) is 78.7 Å². The minimum atomic E-state index is -0.245. The van der Waals surface area contributed by atoms with Crippen LogP contribution in [0.1, 0.15) is 16.2 Å². The number of hydrogen-bond donors (Lipinski definition) is 2. The van der Waals surface area contributed by atoms with E-state index in [2.05, 4.69) is 22.0 Å². The summed E-state index contributed by atoms with van der Waals surface area (Å²) < 4.78 is 11.8. The number of furan rings is 1. The van der Waals surface area contributed by atoms with Crippen LogP contribution in [0.3, 0.4) is 0 Å². The van der Waals surface area contributed by atoms with Crippen molar-refractivity contribution < 1.29 is 14.3 Å². The van der Waals surface area contributed by atoms with Gasteiger partial charge in [-0.3, -0.25) is 9.78 Å². The molecule has 0 atom stereocenters. The van der Waals surface area contributed by atoms with Crippen LogP contribution in [0, 0.1) is 0 Å². The maximum Gasteiger partial charge on any atom is 0.307 e. The molecule has 28 heavy (non-hydrogen) atoms. The number of nitrogens with zero attached hydrogens (tertiary/aromatic N) is 1. The van der Waals surface area contributed by atoms with Gasteiger partial charge in [-0.25, -0.2) is 0 Å². The van der Waals surface area contributed by atoms with E-state index in [9.17, 15) is 9.90 Å². The van der Waals surface area contributed by atoms with Crippen molar-refractivity contribution in [1.82, 2.24) is 4.98 Å². The molecule has 0 unspecified atom stereocenters. The van der Waals surface area contributed by atoms with E-state index in [4.69, 9.17) is 9.15 Å². The van der Waals surface area contributed by atoms with Gasteiger partial charge in [0.15, 0.2) is 0 Å². The smallest absolute Gasteiger partial charge is 0.307 e. The number of benzene rings is 2. The third-order valence-corrected chi connectivity index (χ3v) is 5.74. The number of H-pyrrole nitrogens is 1. The van der Waals surface area contributed by atoms with Crippen molar-refractivity contribution in [3.63, 3.8) is 0 Å². The highest BCUT2D eigenvalue weighted by Crippen LogP contribution is 2.33. The van der Waals surface area contributed by atoms with Crippen LogP contribution in [0.15, 0.2) is 57.7 Å². The lowest BCUT2D eigenvalue weighted by molar-refractivity contribution is 0.305. The summed E-state index contributed by atoms with van der Waals surface area (Å²) in [6.07, 6.45) is 0.503. The zero-order chi connectivity index (χ0) is 19.1. The molecule has 5 rings (SSSR count). The molecule has 0 radical (unpaired) electrons. The van der Waals surface area contributed by atoms with Crippen LogP contribution in [-0.2, 0) is 13.0 Å². The van der Waals surface area contributed by atoms with Gasteiger partial charge in [-0.15, -0.1) is 0 Å². The number of thiazole rings is 1. The van der Waals surface area contributed by atoms with Crippen LogP contribution in [0.25, 0.3) is 11.0 Å². The maximum absolute atomic E-state index is 11.4. The molecule has 0 bridgehead atoms. The third-order valence-electron chi connectivity index (χ3n) is 4.87. The summed E-state index contributed by atoms with van der Waals surface area (Å²) in [6, 6.07) is 16.0. The summed E-state index contributed by atoms with van der Waals surface area (Å²) in [5.41, 5.74) is 2.92. The molecule has 0 aliphatic carbocycles. The van der Waals surface area contributed by atoms with Crippen LogP contribution in [0.5, 0.6) is 11.6 Å². The predicted molar refractivity (Wildman–Crippen MR) is 109 cm³/mol. The molecule has 0 fully saturated rings. The van der Waals surface area contributed by atoms with Gasteiger partial charge in [-0.2, -0.15) is 0 Å². The lowest BCUT2D eigenvalue weighted by Crippen LogP contribution is -2.31. The largest absolute Gasteiger partial charge is 0.494 e. The fraction of sp³-hybridized carbons (Fsp3) is 0.190. The Kier molecular flexibility index (Phi) is 4.09. The predicted octanol–water partition coefficient (Wildman–Crippen LogP) is 3.88. The van der Waals surface area contributed by atoms with E-state index in [0.29, 0.717) is 24.4 Å². The molecule has 1 aliphatic heterocycles. The third kappa shape index (κ3) is 3.14. The number of aromatic nitrogens is 1. The quantitative estimate of drug-likeness (QED) is 0.549. The Morgan fingerprint density at radius 1 is 1.18 bits per heavy atom. The summed E-state index contributed by atoms with van der Waals surface area (Å²) in [7, 11) is 0. The summed E-state index contributed by atoms with van der Waals surface area (Å²) in [4.78, 5) is 16.4. The van der Waals surface area contributed by atoms with Crippen molar-refractivity contribution in [3.8, 4) is 11.6 Å². The van der Waals surface area contributed by atoms with E-state index in [-0.39, 0.29) is 10.8 Å². The van der Waals surface area contributed by atoms with Crippen LogP contribution in [0.2, 0.25) is 0 Å². The number of ether oxygens (including phenoxy) is 1. The van der Waals surface area contributed by atoms with Crippen molar-refractivity contribution in [2.24, 2.45) is 0 Å². The van der Waals surface area contributed by atoms with Gasteiger partial charge in [-0.1, -0.05) is 29.5 Å². The van der Waals surface area contributed by atoms with Crippen molar-refractivity contribution in [2.75, 3.05) is 18.1 Å². The highest BCUT2D eigenvalue weighted by molar-refractivity contribution is 7.09. The molecule has 4 aromatic rings. The van der Waals surface area contributed by atoms with Crippen molar-refractivity contribution in [1.29, 1.82) is 0 Å². The van der Waals surface area contributed by atoms with E-state index >= 15 is 0 Å². The van der Waals surface area contributed by atoms with Gasteiger partial charge < -0.3 is 19.2 Å². The van der Waals surface area contributed by atoms with Gasteiger partial charge in [0.25, 0.3) is 0 Å². The zero-order valence-electron chi connectivity index (χ0n) is 15.0. The fourth-order valence-corrected chi connectivity index (χ4v) is 4.33. The van der Waals surface area contributed by atoms with E-state index in [1.807, 2.05) is 36.4 Å². The monoisotopic (exact) mass is 394 g/mol. The Balaban J connectivity index is 1.40. The number of para-hydroxylation sites is 2. The van der Waals surface area contributed by atoms with E-state index in [1.54, 1.807) is 0 Å². The molecular weight excluding hydrogens is 376 g/mol. The first-order chi connectivity index (χ1) is 13.7. The second kappa shape index (κ2) is 6.76. The molecule has 3 heterocycles. The first kappa shape index (κ1) is 16.9. The normalized spacial score (nSPS) is 13.5. The molecule has 6 nitrogen and oxygen atoms in total. The zero-order valence-corrected chi connectivity index (χ0v) is 15.8. The van der Waals surface area contributed by atoms with Gasteiger partial charge in [0.1, 0.15) is 23.7 Å². The number of fused-ring (bicyclic) bond motifs is 2. The summed E-state index contributed by atoms with van der Waals surface area (Å²) in [5, 5.41) is 10.8. The Bertz CT molecular complexity index is 1210. The molecule has 0 spiro atoms. The van der Waals surface area contributed by atoms with Gasteiger partial charge in [0.05, 0.1) is 23.7 Å². The molecule has 2 aromatic heterocycles. The molecule has 0 saturated carbocycles. The highest BCUT2D eigenvalue weighted by atomic mass is 32.1. The first-order valence-corrected chi connectivity index (χ1v) is 9.86. The Morgan fingerprint density at radius 2 is 2.07 bits per heavy atom. The minimum absolute atomic E-state index is 0.0473. The van der Waals surface area contributed by atoms with Crippen molar-refractivity contribution in [2.45, 2.75) is 13.0 Å². The molecule has 2 N–H and O–H groups in total. The molecule has 0 amide bonds. The molecule has 7 heteroatoms. The second-order valence-electron chi connectivity index (χ2n) is 6.79. The van der Waals surface area contributed by atoms with Crippen LogP contribution in [-0.4, -0.2) is 23.2 Å².